The zero-order valence-corrected chi connectivity index (χ0v) is 15.5. The van der Waals surface area contributed by atoms with Crippen LogP contribution in [0, 0.1) is 0 Å². The van der Waals surface area contributed by atoms with Crippen LogP contribution in [0.4, 0.5) is 11.4 Å². The molecule has 0 bridgehead atoms. The molecule has 0 unspecified atom stereocenters. The fraction of sp³-hybridized carbons (Fsp3) is 0.263. The molecule has 0 spiro atoms. The Labute approximate surface area is 158 Å². The van der Waals surface area contributed by atoms with Gasteiger partial charge in [0.25, 0.3) is 0 Å². The molecule has 6 nitrogen and oxygen atoms in total. The molecule has 2 aromatic rings. The molecule has 2 aromatic carbocycles. The Bertz CT molecular complexity index is 767. The van der Waals surface area contributed by atoms with Gasteiger partial charge in [-0.1, -0.05) is 35.9 Å². The van der Waals surface area contributed by atoms with Crippen LogP contribution >= 0.6 is 11.6 Å². The monoisotopic (exact) mass is 375 g/mol. The number of carbonyl (C=O) groups is 2. The van der Waals surface area contributed by atoms with E-state index < -0.39 is 0 Å². The van der Waals surface area contributed by atoms with Crippen molar-refractivity contribution >= 4 is 34.8 Å². The summed E-state index contributed by atoms with van der Waals surface area (Å²) in [6.45, 7) is 2.52. The number of ether oxygens (including phenoxy) is 1. The molecule has 7 heteroatoms. The number of benzene rings is 2. The highest BCUT2D eigenvalue weighted by molar-refractivity contribution is 6.33. The van der Waals surface area contributed by atoms with E-state index in [9.17, 15) is 9.59 Å². The second-order valence-corrected chi connectivity index (χ2v) is 6.08. The molecular formula is C19H22ClN3O3. The van der Waals surface area contributed by atoms with E-state index >= 15 is 0 Å². The van der Waals surface area contributed by atoms with Crippen molar-refractivity contribution in [1.82, 2.24) is 4.90 Å². The third-order valence-corrected chi connectivity index (χ3v) is 3.77. The fourth-order valence-electron chi connectivity index (χ4n) is 2.34. The van der Waals surface area contributed by atoms with E-state index in [0.717, 1.165) is 0 Å². The largest absolute Gasteiger partial charge is 0.492 e. The molecule has 0 atom stereocenters. The normalized spacial score (nSPS) is 10.5. The lowest BCUT2D eigenvalue weighted by molar-refractivity contribution is -0.119. The van der Waals surface area contributed by atoms with Gasteiger partial charge in [0.05, 0.1) is 36.1 Å². The number of rotatable bonds is 8. The third-order valence-electron chi connectivity index (χ3n) is 3.44. The maximum atomic E-state index is 12.2. The predicted molar refractivity (Wildman–Crippen MR) is 104 cm³/mol. The van der Waals surface area contributed by atoms with Crippen LogP contribution in [0.3, 0.4) is 0 Å². The highest BCUT2D eigenvalue weighted by atomic mass is 35.5. The summed E-state index contributed by atoms with van der Waals surface area (Å²) >= 11 is 6.02. The summed E-state index contributed by atoms with van der Waals surface area (Å²) < 4.78 is 5.48. The van der Waals surface area contributed by atoms with Crippen LogP contribution in [-0.4, -0.2) is 43.5 Å². The first-order valence-electron chi connectivity index (χ1n) is 8.24. The van der Waals surface area contributed by atoms with Crippen molar-refractivity contribution in [3.05, 3.63) is 53.6 Å². The Morgan fingerprint density at radius 2 is 1.50 bits per heavy atom. The summed E-state index contributed by atoms with van der Waals surface area (Å²) in [4.78, 5) is 25.9. The summed E-state index contributed by atoms with van der Waals surface area (Å²) in [5.74, 6) is 0.135. The highest BCUT2D eigenvalue weighted by Gasteiger charge is 2.13. The molecule has 2 amide bonds. The van der Waals surface area contributed by atoms with Gasteiger partial charge >= 0.3 is 0 Å². The van der Waals surface area contributed by atoms with E-state index in [0.29, 0.717) is 28.8 Å². The number of likely N-dealkylation sites (N-methyl/N-ethyl adjacent to an activating group) is 1. The maximum absolute atomic E-state index is 12.2. The molecule has 0 saturated heterocycles. The predicted octanol–water partition coefficient (Wildman–Crippen LogP) is 3.25. The minimum atomic E-state index is -0.247. The molecule has 0 heterocycles. The molecule has 138 valence electrons. The van der Waals surface area contributed by atoms with E-state index in [1.807, 2.05) is 19.1 Å². The summed E-state index contributed by atoms with van der Waals surface area (Å²) in [7, 11) is 1.69. The summed E-state index contributed by atoms with van der Waals surface area (Å²) in [5.41, 5.74) is 1.15. The second kappa shape index (κ2) is 9.79. The van der Waals surface area contributed by atoms with Crippen molar-refractivity contribution in [2.45, 2.75) is 6.92 Å². The summed E-state index contributed by atoms with van der Waals surface area (Å²) in [5, 5.41) is 5.99. The Morgan fingerprint density at radius 3 is 2.12 bits per heavy atom. The number of para-hydroxylation sites is 3. The standard InChI is InChI=1S/C19H22ClN3O3/c1-3-26-17-11-7-6-10-16(17)22-19(25)13-23(2)12-18(24)21-15-9-5-4-8-14(15)20/h4-11H,3,12-13H2,1-2H3,(H,21,24)(H,22,25). The molecule has 2 N–H and O–H groups in total. The van der Waals surface area contributed by atoms with E-state index in [-0.39, 0.29) is 24.9 Å². The molecule has 0 radical (unpaired) electrons. The van der Waals surface area contributed by atoms with Crippen LogP contribution in [0.25, 0.3) is 0 Å². The van der Waals surface area contributed by atoms with Crippen LogP contribution in [0.1, 0.15) is 6.92 Å². The SMILES string of the molecule is CCOc1ccccc1NC(=O)CN(C)CC(=O)Nc1ccccc1Cl. The van der Waals surface area contributed by atoms with Crippen molar-refractivity contribution < 1.29 is 14.3 Å². The van der Waals surface area contributed by atoms with Gasteiger partial charge < -0.3 is 15.4 Å². The number of halogens is 1. The zero-order valence-electron chi connectivity index (χ0n) is 14.8. The number of amides is 2. The third kappa shape index (κ3) is 6.06. The van der Waals surface area contributed by atoms with E-state index in [1.165, 1.54) is 0 Å². The Hall–Kier alpha value is -2.57. The van der Waals surface area contributed by atoms with Gasteiger partial charge in [-0.2, -0.15) is 0 Å². The minimum absolute atomic E-state index is 0.0613. The van der Waals surface area contributed by atoms with Crippen molar-refractivity contribution in [2.75, 3.05) is 37.4 Å². The Balaban J connectivity index is 1.85. The first-order chi connectivity index (χ1) is 12.5. The average Bonchev–Trinajstić information content (AvgIpc) is 2.58. The highest BCUT2D eigenvalue weighted by Crippen LogP contribution is 2.23. The number of nitrogens with zero attached hydrogens (tertiary/aromatic N) is 1. The van der Waals surface area contributed by atoms with Crippen molar-refractivity contribution in [2.24, 2.45) is 0 Å². The number of carbonyl (C=O) groups excluding carboxylic acids is 2. The maximum Gasteiger partial charge on any atom is 0.238 e. The summed E-state index contributed by atoms with van der Waals surface area (Å²) in [6, 6.07) is 14.2. The smallest absolute Gasteiger partial charge is 0.238 e. The van der Waals surface area contributed by atoms with Gasteiger partial charge in [-0.05, 0) is 38.2 Å². The van der Waals surface area contributed by atoms with Gasteiger partial charge in [-0.15, -0.1) is 0 Å². The molecule has 2 rings (SSSR count). The second-order valence-electron chi connectivity index (χ2n) is 5.68. The number of anilines is 2. The number of nitrogens with one attached hydrogen (secondary N) is 2. The minimum Gasteiger partial charge on any atom is -0.492 e. The summed E-state index contributed by atoms with van der Waals surface area (Å²) in [6.07, 6.45) is 0. The van der Waals surface area contributed by atoms with E-state index in [2.05, 4.69) is 10.6 Å². The average molecular weight is 376 g/mol. The number of hydrogen-bond acceptors (Lipinski definition) is 4. The van der Waals surface area contributed by atoms with Gasteiger partial charge in [0, 0.05) is 0 Å². The van der Waals surface area contributed by atoms with Gasteiger partial charge in [-0.25, -0.2) is 0 Å². The topological polar surface area (TPSA) is 70.7 Å². The van der Waals surface area contributed by atoms with Gasteiger partial charge in [0.2, 0.25) is 11.8 Å². The van der Waals surface area contributed by atoms with Gasteiger partial charge in [-0.3, -0.25) is 14.5 Å². The van der Waals surface area contributed by atoms with Crippen LogP contribution in [0.15, 0.2) is 48.5 Å². The molecule has 0 saturated carbocycles. The molecule has 0 aliphatic rings. The molecule has 0 aliphatic carbocycles. The Kier molecular flexibility index (Phi) is 7.44. The van der Waals surface area contributed by atoms with E-state index in [1.54, 1.807) is 48.3 Å². The molecule has 0 aliphatic heterocycles. The Morgan fingerprint density at radius 1 is 0.962 bits per heavy atom. The first-order valence-corrected chi connectivity index (χ1v) is 8.62. The zero-order chi connectivity index (χ0) is 18.9. The van der Waals surface area contributed by atoms with Crippen LogP contribution in [-0.2, 0) is 9.59 Å². The lowest BCUT2D eigenvalue weighted by Gasteiger charge is -2.17. The number of hydrogen-bond donors (Lipinski definition) is 2. The molecule has 26 heavy (non-hydrogen) atoms. The van der Waals surface area contributed by atoms with Crippen molar-refractivity contribution in [3.63, 3.8) is 0 Å². The van der Waals surface area contributed by atoms with Crippen LogP contribution in [0.2, 0.25) is 5.02 Å². The fourth-order valence-corrected chi connectivity index (χ4v) is 2.52. The molecule has 0 aromatic heterocycles. The molecular weight excluding hydrogens is 354 g/mol. The quantitative estimate of drug-likeness (QED) is 0.743. The van der Waals surface area contributed by atoms with E-state index in [4.69, 9.17) is 16.3 Å². The lowest BCUT2D eigenvalue weighted by Crippen LogP contribution is -2.36. The van der Waals surface area contributed by atoms with Crippen LogP contribution < -0.4 is 15.4 Å². The van der Waals surface area contributed by atoms with Crippen LogP contribution in [0.5, 0.6) is 5.75 Å². The van der Waals surface area contributed by atoms with Gasteiger partial charge in [0.1, 0.15) is 5.75 Å². The van der Waals surface area contributed by atoms with Gasteiger partial charge in [0.15, 0.2) is 0 Å². The molecule has 0 fully saturated rings. The van der Waals surface area contributed by atoms with Crippen molar-refractivity contribution in [3.8, 4) is 5.75 Å². The lowest BCUT2D eigenvalue weighted by atomic mass is 10.3. The first kappa shape index (κ1) is 19.8. The van der Waals surface area contributed by atoms with Crippen molar-refractivity contribution in [1.29, 1.82) is 0 Å².